The van der Waals surface area contributed by atoms with Gasteiger partial charge in [-0.25, -0.2) is 0 Å². The van der Waals surface area contributed by atoms with Crippen LogP contribution in [0.25, 0.3) is 0 Å². The Hall–Kier alpha value is -1.13. The first-order valence-corrected chi connectivity index (χ1v) is 7.46. The van der Waals surface area contributed by atoms with Gasteiger partial charge in [-0.05, 0) is 40.9 Å². The lowest BCUT2D eigenvalue weighted by Gasteiger charge is -2.18. The maximum atomic E-state index is 4.26. The van der Waals surface area contributed by atoms with Crippen LogP contribution >= 0.6 is 15.9 Å². The summed E-state index contributed by atoms with van der Waals surface area (Å²) in [6.07, 6.45) is 3.93. The molecule has 0 aliphatic heterocycles. The Kier molecular flexibility index (Phi) is 5.16. The Labute approximate surface area is 123 Å². The second-order valence-electron chi connectivity index (χ2n) is 4.62. The number of hydrogen-bond donors (Lipinski definition) is 1. The molecule has 1 atom stereocenters. The summed E-state index contributed by atoms with van der Waals surface area (Å²) >= 11 is 3.56. The van der Waals surface area contributed by atoms with Gasteiger partial charge in [0, 0.05) is 13.1 Å². The van der Waals surface area contributed by atoms with Gasteiger partial charge < -0.3 is 5.32 Å². The summed E-state index contributed by atoms with van der Waals surface area (Å²) < 4.78 is 3.04. The highest BCUT2D eigenvalue weighted by atomic mass is 79.9. The van der Waals surface area contributed by atoms with Crippen LogP contribution in [0.5, 0.6) is 0 Å². The number of aromatic nitrogens is 2. The SMILES string of the molecule is CCNC(CCc1c(Br)cnn1C)c1ccccc1. The van der Waals surface area contributed by atoms with Crippen molar-refractivity contribution in [3.05, 3.63) is 52.3 Å². The van der Waals surface area contributed by atoms with Crippen LogP contribution in [-0.2, 0) is 13.5 Å². The molecule has 0 aliphatic carbocycles. The number of nitrogens with one attached hydrogen (secondary N) is 1. The number of nitrogens with zero attached hydrogens (tertiary/aromatic N) is 2. The Balaban J connectivity index is 2.06. The van der Waals surface area contributed by atoms with Crippen LogP contribution in [0, 0.1) is 0 Å². The molecule has 0 saturated heterocycles. The standard InChI is InChI=1S/C15H20BrN3/c1-3-17-14(12-7-5-4-6-8-12)9-10-15-13(16)11-18-19(15)2/h4-8,11,14,17H,3,9-10H2,1-2H3. The van der Waals surface area contributed by atoms with E-state index in [1.54, 1.807) is 0 Å². The van der Waals surface area contributed by atoms with Gasteiger partial charge in [0.2, 0.25) is 0 Å². The third-order valence-electron chi connectivity index (χ3n) is 3.33. The first-order chi connectivity index (χ1) is 9.22. The highest BCUT2D eigenvalue weighted by Gasteiger charge is 2.13. The summed E-state index contributed by atoms with van der Waals surface area (Å²) in [5.74, 6) is 0. The summed E-state index contributed by atoms with van der Waals surface area (Å²) in [5, 5.41) is 7.82. The highest BCUT2D eigenvalue weighted by molar-refractivity contribution is 9.10. The number of halogens is 1. The van der Waals surface area contributed by atoms with E-state index in [0.717, 1.165) is 23.9 Å². The number of aryl methyl sites for hydroxylation is 1. The third-order valence-corrected chi connectivity index (χ3v) is 4.00. The average molecular weight is 322 g/mol. The molecule has 4 heteroatoms. The van der Waals surface area contributed by atoms with Gasteiger partial charge in [-0.2, -0.15) is 5.10 Å². The van der Waals surface area contributed by atoms with E-state index in [-0.39, 0.29) is 0 Å². The van der Waals surface area contributed by atoms with E-state index in [9.17, 15) is 0 Å². The van der Waals surface area contributed by atoms with Crippen LogP contribution in [0.4, 0.5) is 0 Å². The van der Waals surface area contributed by atoms with E-state index in [1.807, 2.05) is 17.9 Å². The normalized spacial score (nSPS) is 12.6. The number of hydrogen-bond acceptors (Lipinski definition) is 2. The molecule has 2 aromatic rings. The minimum absolute atomic E-state index is 0.396. The Morgan fingerprint density at radius 2 is 2.05 bits per heavy atom. The lowest BCUT2D eigenvalue weighted by Crippen LogP contribution is -2.21. The third kappa shape index (κ3) is 3.67. The maximum absolute atomic E-state index is 4.26. The second-order valence-corrected chi connectivity index (χ2v) is 5.48. The zero-order valence-corrected chi connectivity index (χ0v) is 13.0. The van der Waals surface area contributed by atoms with Crippen LogP contribution in [0.2, 0.25) is 0 Å². The molecule has 19 heavy (non-hydrogen) atoms. The van der Waals surface area contributed by atoms with E-state index >= 15 is 0 Å². The van der Waals surface area contributed by atoms with E-state index in [0.29, 0.717) is 6.04 Å². The second kappa shape index (κ2) is 6.87. The smallest absolute Gasteiger partial charge is 0.0635 e. The molecule has 1 aromatic heterocycles. The van der Waals surface area contributed by atoms with Crippen molar-refractivity contribution in [2.75, 3.05) is 6.54 Å². The van der Waals surface area contributed by atoms with Crippen molar-refractivity contribution in [2.45, 2.75) is 25.8 Å². The lowest BCUT2D eigenvalue weighted by molar-refractivity contribution is 0.505. The van der Waals surface area contributed by atoms with Gasteiger partial charge in [0.05, 0.1) is 16.4 Å². The van der Waals surface area contributed by atoms with Crippen LogP contribution in [-0.4, -0.2) is 16.3 Å². The molecule has 1 aromatic carbocycles. The van der Waals surface area contributed by atoms with E-state index in [2.05, 4.69) is 63.6 Å². The predicted molar refractivity (Wildman–Crippen MR) is 82.1 cm³/mol. The number of rotatable bonds is 6. The molecule has 0 aliphatic rings. The minimum atomic E-state index is 0.396. The first kappa shape index (κ1) is 14.3. The van der Waals surface area contributed by atoms with Gasteiger partial charge in [0.1, 0.15) is 0 Å². The van der Waals surface area contributed by atoms with Gasteiger partial charge in [0.15, 0.2) is 0 Å². The van der Waals surface area contributed by atoms with Gasteiger partial charge >= 0.3 is 0 Å². The van der Waals surface area contributed by atoms with Crippen LogP contribution < -0.4 is 5.32 Å². The highest BCUT2D eigenvalue weighted by Crippen LogP contribution is 2.22. The Morgan fingerprint density at radius 3 is 2.63 bits per heavy atom. The van der Waals surface area contributed by atoms with Crippen molar-refractivity contribution >= 4 is 15.9 Å². The van der Waals surface area contributed by atoms with Crippen molar-refractivity contribution in [1.29, 1.82) is 0 Å². The summed E-state index contributed by atoms with van der Waals surface area (Å²) in [5.41, 5.74) is 2.60. The van der Waals surface area contributed by atoms with E-state index < -0.39 is 0 Å². The monoisotopic (exact) mass is 321 g/mol. The van der Waals surface area contributed by atoms with E-state index in [1.165, 1.54) is 11.3 Å². The molecule has 0 amide bonds. The Bertz CT molecular complexity index is 488. The number of benzene rings is 1. The van der Waals surface area contributed by atoms with Gasteiger partial charge in [-0.15, -0.1) is 0 Å². The van der Waals surface area contributed by atoms with Gasteiger partial charge in [-0.1, -0.05) is 37.3 Å². The molecule has 1 N–H and O–H groups in total. The molecule has 1 unspecified atom stereocenters. The molecule has 0 bridgehead atoms. The van der Waals surface area contributed by atoms with Crippen LogP contribution in [0.3, 0.4) is 0 Å². The lowest BCUT2D eigenvalue weighted by atomic mass is 10.0. The summed E-state index contributed by atoms with van der Waals surface area (Å²) in [4.78, 5) is 0. The van der Waals surface area contributed by atoms with Crippen molar-refractivity contribution in [2.24, 2.45) is 7.05 Å². The van der Waals surface area contributed by atoms with Crippen molar-refractivity contribution < 1.29 is 0 Å². The Morgan fingerprint density at radius 1 is 1.32 bits per heavy atom. The topological polar surface area (TPSA) is 29.9 Å². The molecule has 2 rings (SSSR count). The first-order valence-electron chi connectivity index (χ1n) is 6.67. The average Bonchev–Trinajstić information content (AvgIpc) is 2.75. The zero-order chi connectivity index (χ0) is 13.7. The molecule has 102 valence electrons. The summed E-state index contributed by atoms with van der Waals surface area (Å²) in [6.45, 7) is 3.13. The van der Waals surface area contributed by atoms with Gasteiger partial charge in [0.25, 0.3) is 0 Å². The van der Waals surface area contributed by atoms with Crippen molar-refractivity contribution in [3.63, 3.8) is 0 Å². The largest absolute Gasteiger partial charge is 0.310 e. The summed E-state index contributed by atoms with van der Waals surface area (Å²) in [6, 6.07) is 11.0. The van der Waals surface area contributed by atoms with E-state index in [4.69, 9.17) is 0 Å². The molecular weight excluding hydrogens is 302 g/mol. The molecule has 0 spiro atoms. The van der Waals surface area contributed by atoms with Crippen LogP contribution in [0.15, 0.2) is 41.0 Å². The predicted octanol–water partition coefficient (Wildman–Crippen LogP) is 3.47. The fourth-order valence-electron chi connectivity index (χ4n) is 2.32. The van der Waals surface area contributed by atoms with Crippen LogP contribution in [0.1, 0.15) is 30.6 Å². The summed E-state index contributed by atoms with van der Waals surface area (Å²) in [7, 11) is 1.99. The fourth-order valence-corrected chi connectivity index (χ4v) is 2.86. The molecule has 0 radical (unpaired) electrons. The zero-order valence-electron chi connectivity index (χ0n) is 11.4. The van der Waals surface area contributed by atoms with Crippen molar-refractivity contribution in [1.82, 2.24) is 15.1 Å². The quantitative estimate of drug-likeness (QED) is 0.883. The van der Waals surface area contributed by atoms with Crippen molar-refractivity contribution in [3.8, 4) is 0 Å². The molecule has 1 heterocycles. The maximum Gasteiger partial charge on any atom is 0.0635 e. The minimum Gasteiger partial charge on any atom is -0.310 e. The molecule has 0 fully saturated rings. The molecular formula is C15H20BrN3. The molecule has 3 nitrogen and oxygen atoms in total. The molecule has 0 saturated carbocycles. The fraction of sp³-hybridized carbons (Fsp3) is 0.400. The van der Waals surface area contributed by atoms with Gasteiger partial charge in [-0.3, -0.25) is 4.68 Å².